The molecule has 0 unspecified atom stereocenters. The number of ketones is 1. The Kier molecular flexibility index (Phi) is 9.60. The Bertz CT molecular complexity index is 176. The fraction of sp³-hybridized carbons (Fsp3) is 0.929. The molecule has 0 aromatic carbocycles. The summed E-state index contributed by atoms with van der Waals surface area (Å²) in [6.45, 7) is 8.93. The second kappa shape index (κ2) is 9.83. The highest BCUT2D eigenvalue weighted by Gasteiger charge is 2.20. The minimum atomic E-state index is -0.161. The highest BCUT2D eigenvalue weighted by molar-refractivity contribution is 5.84. The van der Waals surface area contributed by atoms with Crippen molar-refractivity contribution in [1.82, 2.24) is 0 Å². The normalized spacial score (nSPS) is 13.1. The van der Waals surface area contributed by atoms with Gasteiger partial charge in [0, 0.05) is 12.5 Å². The SMILES string of the molecule is CCCCCCO[C@@H](CCC)C(=O)C(C)C. The third-order valence-electron chi connectivity index (χ3n) is 2.75. The summed E-state index contributed by atoms with van der Waals surface area (Å²) >= 11 is 0. The molecule has 0 radical (unpaired) electrons. The quantitative estimate of drug-likeness (QED) is 0.529. The van der Waals surface area contributed by atoms with Crippen LogP contribution in [-0.4, -0.2) is 18.5 Å². The second-order valence-electron chi connectivity index (χ2n) is 4.77. The van der Waals surface area contributed by atoms with Gasteiger partial charge >= 0.3 is 0 Å². The Morgan fingerprint density at radius 3 is 2.25 bits per heavy atom. The Hall–Kier alpha value is -0.370. The molecule has 0 fully saturated rings. The zero-order valence-electron chi connectivity index (χ0n) is 11.4. The zero-order chi connectivity index (χ0) is 12.4. The van der Waals surface area contributed by atoms with Gasteiger partial charge in [0.1, 0.15) is 6.10 Å². The van der Waals surface area contributed by atoms with Gasteiger partial charge in [0.2, 0.25) is 0 Å². The van der Waals surface area contributed by atoms with Crippen LogP contribution in [-0.2, 0) is 9.53 Å². The Morgan fingerprint density at radius 1 is 1.06 bits per heavy atom. The van der Waals surface area contributed by atoms with Gasteiger partial charge in [-0.1, -0.05) is 53.4 Å². The van der Waals surface area contributed by atoms with Crippen molar-refractivity contribution >= 4 is 5.78 Å². The summed E-state index contributed by atoms with van der Waals surface area (Å²) in [7, 11) is 0. The van der Waals surface area contributed by atoms with Crippen LogP contribution in [0.3, 0.4) is 0 Å². The van der Waals surface area contributed by atoms with Gasteiger partial charge in [-0.3, -0.25) is 4.79 Å². The first kappa shape index (κ1) is 15.6. The van der Waals surface area contributed by atoms with E-state index in [-0.39, 0.29) is 17.8 Å². The minimum absolute atomic E-state index is 0.0900. The molecule has 1 atom stereocenters. The molecule has 0 bridgehead atoms. The van der Waals surface area contributed by atoms with Crippen molar-refractivity contribution in [3.05, 3.63) is 0 Å². The van der Waals surface area contributed by atoms with Crippen LogP contribution in [0.5, 0.6) is 0 Å². The monoisotopic (exact) mass is 228 g/mol. The van der Waals surface area contributed by atoms with Gasteiger partial charge in [-0.25, -0.2) is 0 Å². The van der Waals surface area contributed by atoms with E-state index in [0.717, 1.165) is 25.9 Å². The lowest BCUT2D eigenvalue weighted by Crippen LogP contribution is -2.28. The van der Waals surface area contributed by atoms with Gasteiger partial charge < -0.3 is 4.74 Å². The number of unbranched alkanes of at least 4 members (excludes halogenated alkanes) is 3. The van der Waals surface area contributed by atoms with E-state index in [2.05, 4.69) is 13.8 Å². The number of hydrogen-bond acceptors (Lipinski definition) is 2. The van der Waals surface area contributed by atoms with E-state index in [1.165, 1.54) is 19.3 Å². The minimum Gasteiger partial charge on any atom is -0.370 e. The van der Waals surface area contributed by atoms with E-state index in [0.29, 0.717) is 0 Å². The summed E-state index contributed by atoms with van der Waals surface area (Å²) in [5, 5.41) is 0. The van der Waals surface area contributed by atoms with Crippen LogP contribution in [0.1, 0.15) is 66.2 Å². The number of carbonyl (C=O) groups is 1. The third-order valence-corrected chi connectivity index (χ3v) is 2.75. The van der Waals surface area contributed by atoms with Gasteiger partial charge in [-0.2, -0.15) is 0 Å². The molecule has 0 aromatic heterocycles. The van der Waals surface area contributed by atoms with Crippen LogP contribution < -0.4 is 0 Å². The van der Waals surface area contributed by atoms with E-state index in [1.54, 1.807) is 0 Å². The summed E-state index contributed by atoms with van der Waals surface area (Å²) in [6, 6.07) is 0. The highest BCUT2D eigenvalue weighted by atomic mass is 16.5. The molecule has 2 nitrogen and oxygen atoms in total. The maximum Gasteiger partial charge on any atom is 0.164 e. The molecule has 16 heavy (non-hydrogen) atoms. The molecule has 0 saturated carbocycles. The molecule has 0 aliphatic heterocycles. The molecule has 0 N–H and O–H groups in total. The molecule has 0 aliphatic carbocycles. The zero-order valence-corrected chi connectivity index (χ0v) is 11.4. The first-order valence-electron chi connectivity index (χ1n) is 6.78. The Morgan fingerprint density at radius 2 is 1.75 bits per heavy atom. The number of Topliss-reactive ketones (excluding diaryl/α,β-unsaturated/α-hetero) is 1. The molecule has 0 spiro atoms. The summed E-state index contributed by atoms with van der Waals surface area (Å²) in [5.74, 6) is 0.351. The van der Waals surface area contributed by atoms with Gasteiger partial charge in [0.15, 0.2) is 5.78 Å². The molecular formula is C14H28O2. The van der Waals surface area contributed by atoms with Crippen molar-refractivity contribution in [3.8, 4) is 0 Å². The van der Waals surface area contributed by atoms with Crippen molar-refractivity contribution in [2.24, 2.45) is 5.92 Å². The number of rotatable bonds is 10. The average Bonchev–Trinajstić information content (AvgIpc) is 2.26. The number of ether oxygens (including phenoxy) is 1. The molecule has 96 valence electrons. The van der Waals surface area contributed by atoms with Crippen LogP contribution in [0, 0.1) is 5.92 Å². The van der Waals surface area contributed by atoms with Crippen LogP contribution >= 0.6 is 0 Å². The Balaban J connectivity index is 3.80. The number of carbonyl (C=O) groups excluding carboxylic acids is 1. The predicted molar refractivity (Wildman–Crippen MR) is 68.6 cm³/mol. The smallest absolute Gasteiger partial charge is 0.164 e. The van der Waals surface area contributed by atoms with E-state index < -0.39 is 0 Å². The molecule has 2 heteroatoms. The summed E-state index contributed by atoms with van der Waals surface area (Å²) in [6.07, 6.45) is 6.52. The molecule has 0 amide bonds. The van der Waals surface area contributed by atoms with Gasteiger partial charge in [0.05, 0.1) is 0 Å². The first-order valence-corrected chi connectivity index (χ1v) is 6.78. The van der Waals surface area contributed by atoms with Crippen LogP contribution in [0.15, 0.2) is 0 Å². The molecule has 0 rings (SSSR count). The predicted octanol–water partition coefficient (Wildman–Crippen LogP) is 3.98. The van der Waals surface area contributed by atoms with E-state index >= 15 is 0 Å². The fourth-order valence-corrected chi connectivity index (χ4v) is 1.70. The Labute approximate surface area is 101 Å². The van der Waals surface area contributed by atoms with E-state index in [4.69, 9.17) is 4.74 Å². The topological polar surface area (TPSA) is 26.3 Å². The van der Waals surface area contributed by atoms with Gasteiger partial charge in [0.25, 0.3) is 0 Å². The fourth-order valence-electron chi connectivity index (χ4n) is 1.70. The molecule has 0 saturated heterocycles. The van der Waals surface area contributed by atoms with Gasteiger partial charge in [-0.15, -0.1) is 0 Å². The lowest BCUT2D eigenvalue weighted by Gasteiger charge is -2.18. The van der Waals surface area contributed by atoms with Crippen molar-refractivity contribution < 1.29 is 9.53 Å². The summed E-state index contributed by atoms with van der Waals surface area (Å²) in [5.41, 5.74) is 0. The summed E-state index contributed by atoms with van der Waals surface area (Å²) < 4.78 is 5.70. The van der Waals surface area contributed by atoms with Crippen molar-refractivity contribution in [2.75, 3.05) is 6.61 Å². The van der Waals surface area contributed by atoms with Crippen molar-refractivity contribution in [2.45, 2.75) is 72.3 Å². The molecule has 0 aromatic rings. The van der Waals surface area contributed by atoms with E-state index in [9.17, 15) is 4.79 Å². The molecule has 0 aliphatic rings. The number of hydrogen-bond donors (Lipinski definition) is 0. The average molecular weight is 228 g/mol. The van der Waals surface area contributed by atoms with Crippen molar-refractivity contribution in [1.29, 1.82) is 0 Å². The molecule has 0 heterocycles. The standard InChI is InChI=1S/C14H28O2/c1-5-7-8-9-11-16-13(10-6-2)14(15)12(3)4/h12-13H,5-11H2,1-4H3/t13-/m0/s1. The lowest BCUT2D eigenvalue weighted by atomic mass is 10.0. The van der Waals surface area contributed by atoms with E-state index in [1.807, 2.05) is 13.8 Å². The highest BCUT2D eigenvalue weighted by Crippen LogP contribution is 2.11. The molecular weight excluding hydrogens is 200 g/mol. The van der Waals surface area contributed by atoms with Crippen LogP contribution in [0.4, 0.5) is 0 Å². The third kappa shape index (κ3) is 7.00. The maximum atomic E-state index is 11.8. The first-order chi connectivity index (χ1) is 7.63. The summed E-state index contributed by atoms with van der Waals surface area (Å²) in [4.78, 5) is 11.8. The lowest BCUT2D eigenvalue weighted by molar-refractivity contribution is -0.134. The van der Waals surface area contributed by atoms with Gasteiger partial charge in [-0.05, 0) is 12.8 Å². The second-order valence-corrected chi connectivity index (χ2v) is 4.77. The largest absolute Gasteiger partial charge is 0.370 e. The van der Waals surface area contributed by atoms with Crippen molar-refractivity contribution in [3.63, 3.8) is 0 Å². The van der Waals surface area contributed by atoms with Crippen LogP contribution in [0.25, 0.3) is 0 Å². The maximum absolute atomic E-state index is 11.8. The van der Waals surface area contributed by atoms with Crippen LogP contribution in [0.2, 0.25) is 0 Å².